The van der Waals surface area contributed by atoms with Crippen LogP contribution < -0.4 is 0 Å². The standard InChI is InChI=1S/C22H24OS/c1-18(19-12-6-3-7-13-19)22(20-14-8-4-9-15-20)24(2,23)21-16-10-5-11-17-21/h3-18,22-23H,1-2H3/t18-,22?/m1/s1. The summed E-state index contributed by atoms with van der Waals surface area (Å²) in [6.45, 7) is 2.22. The number of rotatable bonds is 5. The average Bonchev–Trinajstić information content (AvgIpc) is 2.64. The zero-order chi connectivity index (χ0) is 17.0. The Labute approximate surface area is 146 Å². The van der Waals surface area contributed by atoms with Crippen molar-refractivity contribution in [2.45, 2.75) is 23.0 Å². The number of hydrogen-bond donors (Lipinski definition) is 1. The van der Waals surface area contributed by atoms with Gasteiger partial charge in [-0.2, -0.15) is 0 Å². The van der Waals surface area contributed by atoms with Crippen LogP contribution in [-0.2, 0) is 0 Å². The molecule has 0 bridgehead atoms. The molecule has 124 valence electrons. The van der Waals surface area contributed by atoms with Gasteiger partial charge in [-0.15, -0.1) is 10.3 Å². The van der Waals surface area contributed by atoms with E-state index in [0.717, 1.165) is 4.90 Å². The maximum absolute atomic E-state index is 11.6. The predicted molar refractivity (Wildman–Crippen MR) is 105 cm³/mol. The summed E-state index contributed by atoms with van der Waals surface area (Å²) in [5.41, 5.74) is 2.45. The molecule has 2 heteroatoms. The van der Waals surface area contributed by atoms with Gasteiger partial charge < -0.3 is 4.55 Å². The summed E-state index contributed by atoms with van der Waals surface area (Å²) in [4.78, 5) is 1.03. The monoisotopic (exact) mass is 336 g/mol. The Morgan fingerprint density at radius 2 is 1.08 bits per heavy atom. The van der Waals surface area contributed by atoms with Crippen LogP contribution in [0.3, 0.4) is 0 Å². The van der Waals surface area contributed by atoms with Gasteiger partial charge in [0.15, 0.2) is 0 Å². The van der Waals surface area contributed by atoms with Crippen LogP contribution in [0.1, 0.15) is 29.2 Å². The second kappa shape index (κ2) is 7.25. The molecule has 3 atom stereocenters. The van der Waals surface area contributed by atoms with E-state index in [0.29, 0.717) is 0 Å². The van der Waals surface area contributed by atoms with Crippen LogP contribution in [0.5, 0.6) is 0 Å². The Kier molecular flexibility index (Phi) is 5.08. The molecule has 0 aliphatic rings. The van der Waals surface area contributed by atoms with Gasteiger partial charge in [0, 0.05) is 10.1 Å². The Hall–Kier alpha value is -2.03. The molecule has 0 amide bonds. The summed E-state index contributed by atoms with van der Waals surface area (Å²) < 4.78 is 11.6. The highest BCUT2D eigenvalue weighted by molar-refractivity contribution is 8.28. The van der Waals surface area contributed by atoms with Crippen molar-refractivity contribution in [3.63, 3.8) is 0 Å². The second-order valence-electron chi connectivity index (χ2n) is 6.28. The van der Waals surface area contributed by atoms with Gasteiger partial charge in [0.2, 0.25) is 0 Å². The molecule has 0 radical (unpaired) electrons. The Bertz CT molecular complexity index is 754. The van der Waals surface area contributed by atoms with E-state index in [1.54, 1.807) is 0 Å². The van der Waals surface area contributed by atoms with Crippen LogP contribution >= 0.6 is 10.3 Å². The molecule has 3 aromatic carbocycles. The van der Waals surface area contributed by atoms with Crippen molar-refractivity contribution >= 4 is 10.3 Å². The van der Waals surface area contributed by atoms with E-state index in [4.69, 9.17) is 0 Å². The van der Waals surface area contributed by atoms with Crippen molar-refractivity contribution in [2.24, 2.45) is 0 Å². The molecular weight excluding hydrogens is 312 g/mol. The van der Waals surface area contributed by atoms with Gasteiger partial charge in [-0.05, 0) is 35.4 Å². The molecule has 0 fully saturated rings. The molecule has 1 N–H and O–H groups in total. The molecule has 1 nitrogen and oxygen atoms in total. The lowest BCUT2D eigenvalue weighted by molar-refractivity contribution is 0.591. The Morgan fingerprint density at radius 1 is 0.667 bits per heavy atom. The summed E-state index contributed by atoms with van der Waals surface area (Å²) in [5, 5.41) is 0.0449. The average molecular weight is 337 g/mol. The minimum absolute atomic E-state index is 0.0449. The highest BCUT2D eigenvalue weighted by Crippen LogP contribution is 2.64. The molecule has 0 spiro atoms. The van der Waals surface area contributed by atoms with Crippen molar-refractivity contribution in [3.8, 4) is 0 Å². The molecule has 3 rings (SSSR count). The maximum Gasteiger partial charge on any atom is 0.0456 e. The predicted octanol–water partition coefficient (Wildman–Crippen LogP) is 6.50. The van der Waals surface area contributed by atoms with E-state index in [9.17, 15) is 4.55 Å². The van der Waals surface area contributed by atoms with E-state index in [1.807, 2.05) is 48.7 Å². The fraction of sp³-hybridized carbons (Fsp3) is 0.182. The van der Waals surface area contributed by atoms with E-state index in [2.05, 4.69) is 55.5 Å². The van der Waals surface area contributed by atoms with Crippen LogP contribution in [0.2, 0.25) is 0 Å². The molecule has 0 aliphatic carbocycles. The van der Waals surface area contributed by atoms with Gasteiger partial charge in [0.1, 0.15) is 0 Å². The fourth-order valence-electron chi connectivity index (χ4n) is 3.37. The SMILES string of the molecule is C[C@H](c1ccccc1)C(c1ccccc1)S(C)(O)c1ccccc1. The molecule has 24 heavy (non-hydrogen) atoms. The van der Waals surface area contributed by atoms with E-state index < -0.39 is 10.3 Å². The largest absolute Gasteiger partial charge is 0.347 e. The molecule has 0 aliphatic heterocycles. The van der Waals surface area contributed by atoms with Crippen LogP contribution in [0.25, 0.3) is 0 Å². The maximum atomic E-state index is 11.6. The first-order valence-corrected chi connectivity index (χ1v) is 10.3. The normalized spacial score (nSPS) is 17.5. The summed E-state index contributed by atoms with van der Waals surface area (Å²) in [7, 11) is -2.00. The molecule has 2 unspecified atom stereocenters. The van der Waals surface area contributed by atoms with Crippen LogP contribution in [-0.4, -0.2) is 10.8 Å². The first-order valence-electron chi connectivity index (χ1n) is 8.25. The third-order valence-electron chi connectivity index (χ3n) is 4.62. The van der Waals surface area contributed by atoms with Gasteiger partial charge in [-0.25, -0.2) is 0 Å². The Morgan fingerprint density at radius 3 is 1.58 bits per heavy atom. The zero-order valence-electron chi connectivity index (χ0n) is 14.2. The van der Waals surface area contributed by atoms with Crippen molar-refractivity contribution in [3.05, 3.63) is 102 Å². The van der Waals surface area contributed by atoms with E-state index in [-0.39, 0.29) is 11.2 Å². The summed E-state index contributed by atoms with van der Waals surface area (Å²) in [6, 6.07) is 31.0. The van der Waals surface area contributed by atoms with Crippen molar-refractivity contribution in [2.75, 3.05) is 6.26 Å². The van der Waals surface area contributed by atoms with Crippen LogP contribution in [0.15, 0.2) is 95.9 Å². The Balaban J connectivity index is 2.09. The molecule has 0 saturated carbocycles. The van der Waals surface area contributed by atoms with Crippen LogP contribution in [0.4, 0.5) is 0 Å². The number of benzene rings is 3. The van der Waals surface area contributed by atoms with Gasteiger partial charge >= 0.3 is 0 Å². The van der Waals surface area contributed by atoms with Crippen molar-refractivity contribution in [1.82, 2.24) is 0 Å². The van der Waals surface area contributed by atoms with Gasteiger partial charge in [-0.3, -0.25) is 0 Å². The van der Waals surface area contributed by atoms with Gasteiger partial charge in [0.05, 0.1) is 0 Å². The zero-order valence-corrected chi connectivity index (χ0v) is 15.0. The molecule has 0 heterocycles. The molecule has 0 saturated heterocycles. The lowest BCUT2D eigenvalue weighted by Gasteiger charge is -2.42. The third kappa shape index (κ3) is 3.40. The number of hydrogen-bond acceptors (Lipinski definition) is 1. The van der Waals surface area contributed by atoms with E-state index in [1.165, 1.54) is 11.1 Å². The first kappa shape index (κ1) is 16.8. The highest BCUT2D eigenvalue weighted by atomic mass is 32.3. The van der Waals surface area contributed by atoms with Crippen molar-refractivity contribution in [1.29, 1.82) is 0 Å². The minimum Gasteiger partial charge on any atom is -0.347 e. The molecule has 3 aromatic rings. The first-order chi connectivity index (χ1) is 11.6. The molecule has 0 aromatic heterocycles. The smallest absolute Gasteiger partial charge is 0.0456 e. The topological polar surface area (TPSA) is 20.2 Å². The van der Waals surface area contributed by atoms with E-state index >= 15 is 0 Å². The van der Waals surface area contributed by atoms with Crippen molar-refractivity contribution < 1.29 is 4.55 Å². The summed E-state index contributed by atoms with van der Waals surface area (Å²) in [5.74, 6) is 0.221. The quantitative estimate of drug-likeness (QED) is 0.564. The van der Waals surface area contributed by atoms with Crippen LogP contribution in [0, 0.1) is 0 Å². The molecular formula is C22H24OS. The minimum atomic E-state index is -2.00. The van der Waals surface area contributed by atoms with Gasteiger partial charge in [0.25, 0.3) is 0 Å². The summed E-state index contributed by atoms with van der Waals surface area (Å²) in [6.07, 6.45) is 2.01. The second-order valence-corrected chi connectivity index (χ2v) is 9.13. The summed E-state index contributed by atoms with van der Waals surface area (Å²) >= 11 is 0. The lowest BCUT2D eigenvalue weighted by atomic mass is 9.93. The third-order valence-corrected chi connectivity index (χ3v) is 7.52. The highest BCUT2D eigenvalue weighted by Gasteiger charge is 2.35. The van der Waals surface area contributed by atoms with Gasteiger partial charge in [-0.1, -0.05) is 85.8 Å². The lowest BCUT2D eigenvalue weighted by Crippen LogP contribution is -2.16. The fourth-order valence-corrected chi connectivity index (χ4v) is 6.01.